The Balaban J connectivity index is 2.25. The van der Waals surface area contributed by atoms with E-state index in [0.29, 0.717) is 11.7 Å². The van der Waals surface area contributed by atoms with Gasteiger partial charge in [0.25, 0.3) is 0 Å². The van der Waals surface area contributed by atoms with Gasteiger partial charge in [0.05, 0.1) is 0 Å². The Hall–Kier alpha value is -0.780. The molecule has 0 atom stereocenters. The molecule has 15 heavy (non-hydrogen) atoms. The van der Waals surface area contributed by atoms with Gasteiger partial charge in [-0.05, 0) is 0 Å². The molecule has 0 N–H and O–H groups in total. The molecule has 0 radical (unpaired) electrons. The molecule has 0 aliphatic heterocycles. The normalized spacial score (nSPS) is 10.3. The van der Waals surface area contributed by atoms with Gasteiger partial charge >= 0.3 is 101 Å². The summed E-state index contributed by atoms with van der Waals surface area (Å²) in [4.78, 5) is 11.2. The monoisotopic (exact) mass is 321 g/mol. The van der Waals surface area contributed by atoms with Gasteiger partial charge in [0.1, 0.15) is 0 Å². The van der Waals surface area contributed by atoms with Crippen LogP contribution in [0.5, 0.6) is 5.75 Å². The van der Waals surface area contributed by atoms with Crippen LogP contribution in [0.4, 0.5) is 4.79 Å². The summed E-state index contributed by atoms with van der Waals surface area (Å²) in [5, 5.41) is 0. The number of hydrogen-bond donors (Lipinski definition) is 0. The summed E-state index contributed by atoms with van der Waals surface area (Å²) in [6.07, 6.45) is -0.588. The molecule has 0 spiro atoms. The van der Waals surface area contributed by atoms with Crippen LogP contribution in [0.25, 0.3) is 0 Å². The van der Waals surface area contributed by atoms with Crippen LogP contribution in [-0.2, 0) is 3.07 Å². The molecule has 4 heteroatoms. The van der Waals surface area contributed by atoms with E-state index in [1.807, 2.05) is 18.2 Å². The van der Waals surface area contributed by atoms with Gasteiger partial charge < -0.3 is 0 Å². The molecule has 1 rings (SSSR count). The van der Waals surface area contributed by atoms with Crippen molar-refractivity contribution in [1.29, 1.82) is 0 Å². The number of para-hydroxylation sites is 1. The first-order chi connectivity index (χ1) is 7.18. The van der Waals surface area contributed by atoms with Crippen molar-refractivity contribution >= 4 is 6.16 Å². The summed E-state index contributed by atoms with van der Waals surface area (Å²) in [6, 6.07) is 8.94. The zero-order valence-corrected chi connectivity index (χ0v) is 10.9. The van der Waals surface area contributed by atoms with E-state index in [2.05, 4.69) is 13.8 Å². The number of ether oxygens (including phenoxy) is 1. The fourth-order valence-corrected chi connectivity index (χ4v) is 2.05. The van der Waals surface area contributed by atoms with Crippen molar-refractivity contribution in [2.24, 2.45) is 5.92 Å². The second-order valence-electron chi connectivity index (χ2n) is 3.40. The first-order valence-electron chi connectivity index (χ1n) is 4.71. The minimum absolute atomic E-state index is 0.524. The van der Waals surface area contributed by atoms with Crippen molar-refractivity contribution in [1.82, 2.24) is 0 Å². The van der Waals surface area contributed by atoms with Gasteiger partial charge in [0.2, 0.25) is 0 Å². The summed E-state index contributed by atoms with van der Waals surface area (Å²) in [5.74, 6) is 1.10. The fourth-order valence-electron chi connectivity index (χ4n) is 0.803. The van der Waals surface area contributed by atoms with Crippen LogP contribution < -0.4 is 26.4 Å². The van der Waals surface area contributed by atoms with E-state index in [4.69, 9.17) is 7.80 Å². The third kappa shape index (κ3) is 5.61. The van der Waals surface area contributed by atoms with E-state index in [1.165, 1.54) is 0 Å². The van der Waals surface area contributed by atoms with Crippen LogP contribution in [0.3, 0.4) is 0 Å². The fraction of sp³-hybridized carbons (Fsp3) is 0.364. The molecule has 0 saturated carbocycles. The van der Waals surface area contributed by atoms with Crippen LogP contribution in [-0.4, -0.2) is 10.6 Å². The van der Waals surface area contributed by atoms with Gasteiger partial charge in [0, 0.05) is 0 Å². The molecule has 0 aliphatic carbocycles. The van der Waals surface area contributed by atoms with Gasteiger partial charge in [-0.3, -0.25) is 0 Å². The maximum absolute atomic E-state index is 11.2. The van der Waals surface area contributed by atoms with Crippen molar-refractivity contribution in [3.05, 3.63) is 30.3 Å². The van der Waals surface area contributed by atoms with Gasteiger partial charge in [-0.2, -0.15) is 0 Å². The molecule has 1 aromatic rings. The van der Waals surface area contributed by atoms with Gasteiger partial charge in [-0.1, -0.05) is 0 Å². The second-order valence-corrected chi connectivity index (χ2v) is 5.34. The molecule has 0 aliphatic rings. The first-order valence-corrected chi connectivity index (χ1v) is 7.12. The number of rotatable bonds is 4. The van der Waals surface area contributed by atoms with Crippen molar-refractivity contribution in [3.8, 4) is 5.75 Å². The molecule has 0 fully saturated rings. The van der Waals surface area contributed by atoms with E-state index in [1.54, 1.807) is 12.1 Å². The van der Waals surface area contributed by atoms with Crippen molar-refractivity contribution in [3.63, 3.8) is 0 Å². The maximum atomic E-state index is 11.2. The van der Waals surface area contributed by atoms with Gasteiger partial charge in [-0.15, -0.1) is 0 Å². The summed E-state index contributed by atoms with van der Waals surface area (Å²) in [6.45, 7) is 4.21. The first kappa shape index (κ1) is 12.3. The number of benzene rings is 1. The number of halogens is 1. The standard InChI is InChI=1S/C11H14IO3/c1-9(2)8-12-15-11(13)14-10-6-4-3-5-7-10/h3-7,9H,8H2,1-2H3/q-1. The van der Waals surface area contributed by atoms with Gasteiger partial charge in [0.15, 0.2) is 0 Å². The van der Waals surface area contributed by atoms with E-state index in [0.717, 1.165) is 4.43 Å². The molecule has 0 aromatic heterocycles. The Morgan fingerprint density at radius 1 is 1.33 bits per heavy atom. The Morgan fingerprint density at radius 2 is 2.00 bits per heavy atom. The van der Waals surface area contributed by atoms with Crippen LogP contribution in [0.15, 0.2) is 30.3 Å². The quantitative estimate of drug-likeness (QED) is 0.335. The number of alkyl halides is 1. The zero-order valence-electron chi connectivity index (χ0n) is 8.77. The number of hydrogen-bond acceptors (Lipinski definition) is 3. The van der Waals surface area contributed by atoms with Crippen LogP contribution >= 0.6 is 0 Å². The van der Waals surface area contributed by atoms with E-state index in [-0.39, 0.29) is 0 Å². The van der Waals surface area contributed by atoms with Gasteiger partial charge in [-0.25, -0.2) is 0 Å². The molecule has 84 valence electrons. The average molecular weight is 321 g/mol. The van der Waals surface area contributed by atoms with Crippen molar-refractivity contribution in [2.45, 2.75) is 13.8 Å². The molecule has 0 saturated heterocycles. The summed E-state index contributed by atoms with van der Waals surface area (Å²) >= 11 is -0.529. The Labute approximate surface area is 101 Å². The predicted octanol–water partition coefficient (Wildman–Crippen LogP) is -0.138. The molecule has 0 bridgehead atoms. The topological polar surface area (TPSA) is 35.5 Å². The Bertz CT molecular complexity index is 298. The average Bonchev–Trinajstić information content (AvgIpc) is 2.18. The molecule has 0 amide bonds. The zero-order chi connectivity index (χ0) is 11.1. The van der Waals surface area contributed by atoms with Crippen LogP contribution in [0, 0.1) is 5.92 Å². The SMILES string of the molecule is CC(C)C[I-]OC(=O)Oc1ccccc1. The van der Waals surface area contributed by atoms with Crippen LogP contribution in [0.2, 0.25) is 0 Å². The third-order valence-corrected chi connectivity index (χ3v) is 4.23. The number of carbonyl (C=O) groups is 1. The minimum atomic E-state index is -0.588. The summed E-state index contributed by atoms with van der Waals surface area (Å²) < 4.78 is 10.9. The molecule has 3 nitrogen and oxygen atoms in total. The Kier molecular flexibility index (Phi) is 5.45. The summed E-state index contributed by atoms with van der Waals surface area (Å²) in [5.41, 5.74) is 0. The molecule has 0 heterocycles. The molecular weight excluding hydrogens is 307 g/mol. The second kappa shape index (κ2) is 6.66. The van der Waals surface area contributed by atoms with E-state index < -0.39 is 27.8 Å². The number of carbonyl (C=O) groups excluding carboxylic acids is 1. The van der Waals surface area contributed by atoms with E-state index >= 15 is 0 Å². The van der Waals surface area contributed by atoms with Crippen molar-refractivity contribution < 1.29 is 34.2 Å². The molecule has 0 unspecified atom stereocenters. The summed E-state index contributed by atoms with van der Waals surface area (Å²) in [7, 11) is 0. The molecular formula is C11H14IO3-. The van der Waals surface area contributed by atoms with Crippen LogP contribution in [0.1, 0.15) is 13.8 Å². The van der Waals surface area contributed by atoms with E-state index in [9.17, 15) is 4.79 Å². The molecule has 1 aromatic carbocycles. The van der Waals surface area contributed by atoms with Crippen molar-refractivity contribution in [2.75, 3.05) is 4.43 Å². The Morgan fingerprint density at radius 3 is 2.60 bits per heavy atom. The third-order valence-electron chi connectivity index (χ3n) is 1.43. The predicted molar refractivity (Wildman–Crippen MR) is 53.3 cm³/mol.